The molecule has 0 aliphatic heterocycles. The van der Waals surface area contributed by atoms with Crippen LogP contribution in [0.5, 0.6) is 0 Å². The van der Waals surface area contributed by atoms with Crippen molar-refractivity contribution in [1.29, 1.82) is 0 Å². The predicted octanol–water partition coefficient (Wildman–Crippen LogP) is 8.87. The van der Waals surface area contributed by atoms with Gasteiger partial charge in [-0.1, -0.05) is 135 Å². The molecule has 0 radical (unpaired) electrons. The van der Waals surface area contributed by atoms with Crippen LogP contribution in [0, 0.1) is 17.8 Å². The van der Waals surface area contributed by atoms with E-state index in [2.05, 4.69) is 25.3 Å². The average Bonchev–Trinajstić information content (AvgIpc) is 3.41. The summed E-state index contributed by atoms with van der Waals surface area (Å²) in [6, 6.07) is 0. The number of phosphoric ester groups is 1. The lowest BCUT2D eigenvalue weighted by Crippen LogP contribution is -2.29. The van der Waals surface area contributed by atoms with E-state index in [-0.39, 0.29) is 37.1 Å². The van der Waals surface area contributed by atoms with Gasteiger partial charge in [0, 0.05) is 18.8 Å². The molecule has 50 heavy (non-hydrogen) atoms. The number of aliphatic hydroxyl groups excluding tert-OH is 1. The fourth-order valence-corrected chi connectivity index (χ4v) is 6.20. The predicted molar refractivity (Wildman–Crippen MR) is 197 cm³/mol. The topological polar surface area (TPSA) is 157 Å². The van der Waals surface area contributed by atoms with E-state index >= 15 is 0 Å². The van der Waals surface area contributed by atoms with E-state index < -0.39 is 38.6 Å². The Balaban J connectivity index is 2.29. The molecule has 0 aromatic heterocycles. The Bertz CT molecular complexity index is 1060. The molecule has 0 aromatic carbocycles. The monoisotopic (exact) mass is 726 g/mol. The van der Waals surface area contributed by atoms with Crippen molar-refractivity contribution in [1.82, 2.24) is 0 Å². The zero-order valence-electron chi connectivity index (χ0n) is 31.1. The Morgan fingerprint density at radius 1 is 0.840 bits per heavy atom. The van der Waals surface area contributed by atoms with Crippen LogP contribution in [-0.4, -0.2) is 58.0 Å². The third-order valence-corrected chi connectivity index (χ3v) is 9.32. The molecule has 1 aliphatic rings. The van der Waals surface area contributed by atoms with Crippen LogP contribution in [0.1, 0.15) is 149 Å². The van der Waals surface area contributed by atoms with Crippen LogP contribution >= 0.6 is 7.82 Å². The van der Waals surface area contributed by atoms with Crippen LogP contribution in [0.3, 0.4) is 0 Å². The van der Waals surface area contributed by atoms with Gasteiger partial charge in [0.2, 0.25) is 0 Å². The van der Waals surface area contributed by atoms with Crippen molar-refractivity contribution in [3.63, 3.8) is 0 Å². The first-order valence-electron chi connectivity index (χ1n) is 19.2. The van der Waals surface area contributed by atoms with Gasteiger partial charge in [-0.05, 0) is 50.0 Å². The lowest BCUT2D eigenvalue weighted by Gasteiger charge is -2.18. The number of rotatable bonds is 31. The van der Waals surface area contributed by atoms with Crippen molar-refractivity contribution < 1.29 is 47.8 Å². The summed E-state index contributed by atoms with van der Waals surface area (Å²) in [6.45, 7) is 5.70. The number of unbranched alkanes of at least 4 members (excludes halogenated alkanes) is 12. The molecule has 0 saturated heterocycles. The molecule has 4 atom stereocenters. The van der Waals surface area contributed by atoms with Crippen molar-refractivity contribution >= 4 is 25.5 Å². The quantitative estimate of drug-likeness (QED) is 0.0273. The summed E-state index contributed by atoms with van der Waals surface area (Å²) in [6.07, 6.45) is 27.9. The van der Waals surface area contributed by atoms with Gasteiger partial charge in [0.1, 0.15) is 6.61 Å². The van der Waals surface area contributed by atoms with Gasteiger partial charge < -0.3 is 24.4 Å². The van der Waals surface area contributed by atoms with E-state index in [4.69, 9.17) is 19.3 Å². The number of hydrogen-bond acceptors (Lipinski definition) is 8. The second kappa shape index (κ2) is 28.5. The highest BCUT2D eigenvalue weighted by atomic mass is 31.2. The number of allylic oxidation sites excluding steroid dienone is 5. The first kappa shape index (κ1) is 45.9. The lowest BCUT2D eigenvalue weighted by atomic mass is 9.90. The first-order valence-corrected chi connectivity index (χ1v) is 20.7. The van der Waals surface area contributed by atoms with Crippen molar-refractivity contribution in [2.75, 3.05) is 13.2 Å². The molecular formula is C39H67O10P. The third kappa shape index (κ3) is 25.8. The molecule has 0 bridgehead atoms. The molecule has 3 N–H and O–H groups in total. The molecule has 0 amide bonds. The SMILES string of the molecule is CCCCC[C@H](O)/C=C/[C@H]1C(=O)C=C[C@@H]1C/C=C\CCCC(=O)OC[C@H](COP(=O)(O)O)OC(=O)CCCCCCCCCCCCC(C)C. The van der Waals surface area contributed by atoms with Crippen LogP contribution in [0.2, 0.25) is 0 Å². The summed E-state index contributed by atoms with van der Waals surface area (Å²) in [4.78, 5) is 55.2. The molecule has 0 spiro atoms. The fourth-order valence-electron chi connectivity index (χ4n) is 5.84. The van der Waals surface area contributed by atoms with Gasteiger partial charge in [-0.2, -0.15) is 0 Å². The Morgan fingerprint density at radius 3 is 2.10 bits per heavy atom. The van der Waals surface area contributed by atoms with Gasteiger partial charge in [0.25, 0.3) is 0 Å². The van der Waals surface area contributed by atoms with Crippen molar-refractivity contribution in [3.8, 4) is 0 Å². The average molecular weight is 727 g/mol. The minimum absolute atomic E-state index is 0.0295. The van der Waals surface area contributed by atoms with Gasteiger partial charge in [0.05, 0.1) is 12.7 Å². The first-order chi connectivity index (χ1) is 23.9. The largest absolute Gasteiger partial charge is 0.469 e. The molecule has 1 rings (SSSR count). The van der Waals surface area contributed by atoms with Gasteiger partial charge >= 0.3 is 19.8 Å². The van der Waals surface area contributed by atoms with Gasteiger partial charge in [-0.25, -0.2) is 4.57 Å². The van der Waals surface area contributed by atoms with Crippen molar-refractivity contribution in [3.05, 3.63) is 36.5 Å². The second-order valence-corrected chi connectivity index (χ2v) is 15.3. The number of ketones is 1. The van der Waals surface area contributed by atoms with Crippen molar-refractivity contribution in [2.45, 2.75) is 161 Å². The molecule has 10 nitrogen and oxygen atoms in total. The number of aliphatic hydroxyl groups is 1. The van der Waals surface area contributed by atoms with Gasteiger partial charge in [-0.15, -0.1) is 0 Å². The van der Waals surface area contributed by atoms with E-state index in [0.29, 0.717) is 32.1 Å². The Morgan fingerprint density at radius 2 is 1.46 bits per heavy atom. The summed E-state index contributed by atoms with van der Waals surface area (Å²) in [5.74, 6) is -0.463. The zero-order valence-corrected chi connectivity index (χ0v) is 31.9. The second-order valence-electron chi connectivity index (χ2n) is 14.0. The number of carbonyl (C=O) groups excluding carboxylic acids is 3. The highest BCUT2D eigenvalue weighted by Crippen LogP contribution is 2.36. The molecule has 0 heterocycles. The summed E-state index contributed by atoms with van der Waals surface area (Å²) in [5, 5.41) is 10.2. The van der Waals surface area contributed by atoms with Crippen LogP contribution in [0.15, 0.2) is 36.5 Å². The maximum absolute atomic E-state index is 12.4. The van der Waals surface area contributed by atoms with E-state index in [1.807, 2.05) is 24.3 Å². The summed E-state index contributed by atoms with van der Waals surface area (Å²) in [7, 11) is -4.80. The lowest BCUT2D eigenvalue weighted by molar-refractivity contribution is -0.161. The van der Waals surface area contributed by atoms with Crippen molar-refractivity contribution in [2.24, 2.45) is 17.8 Å². The van der Waals surface area contributed by atoms with E-state index in [1.54, 1.807) is 12.2 Å². The molecule has 1 aliphatic carbocycles. The zero-order chi connectivity index (χ0) is 37.0. The third-order valence-electron chi connectivity index (χ3n) is 8.84. The normalized spacial score (nSPS) is 17.7. The summed E-state index contributed by atoms with van der Waals surface area (Å²) >= 11 is 0. The number of ether oxygens (including phenoxy) is 2. The molecule has 0 aromatic rings. The Hall–Kier alpha value is -2.10. The minimum atomic E-state index is -4.80. The van der Waals surface area contributed by atoms with E-state index in [1.165, 1.54) is 44.9 Å². The minimum Gasteiger partial charge on any atom is -0.462 e. The van der Waals surface area contributed by atoms with E-state index in [0.717, 1.165) is 44.4 Å². The van der Waals surface area contributed by atoms with Crippen LogP contribution in [0.25, 0.3) is 0 Å². The molecule has 11 heteroatoms. The molecule has 288 valence electrons. The van der Waals surface area contributed by atoms with Crippen LogP contribution in [-0.2, 0) is 32.9 Å². The number of phosphoric acid groups is 1. The van der Waals surface area contributed by atoms with Gasteiger partial charge in [-0.3, -0.25) is 18.9 Å². The summed E-state index contributed by atoms with van der Waals surface area (Å²) in [5.41, 5.74) is 0. The number of hydrogen-bond donors (Lipinski definition) is 3. The number of carbonyl (C=O) groups is 3. The van der Waals surface area contributed by atoms with Crippen LogP contribution in [0.4, 0.5) is 0 Å². The Kier molecular flexibility index (Phi) is 26.2. The molecule has 0 saturated carbocycles. The van der Waals surface area contributed by atoms with Gasteiger partial charge in [0.15, 0.2) is 11.9 Å². The maximum atomic E-state index is 12.4. The summed E-state index contributed by atoms with van der Waals surface area (Å²) < 4.78 is 26.3. The van der Waals surface area contributed by atoms with E-state index in [9.17, 15) is 24.1 Å². The van der Waals surface area contributed by atoms with Crippen LogP contribution < -0.4 is 0 Å². The highest BCUT2D eigenvalue weighted by molar-refractivity contribution is 7.46. The fraction of sp³-hybridized carbons (Fsp3) is 0.769. The number of esters is 2. The molecular weight excluding hydrogens is 659 g/mol. The maximum Gasteiger partial charge on any atom is 0.469 e. The molecule has 0 unspecified atom stereocenters. The standard InChI is InChI=1S/C39H67O10P/c1-4-5-16-23-34(40)27-28-36-33(26-29-37(36)41)22-18-14-15-19-24-38(42)47-30-35(31-48-50(44,45)46)49-39(43)25-20-13-11-9-7-6-8-10-12-17-21-32(2)3/h14,18,26-29,32-36,40H,4-13,15-17,19-25,30-31H2,1-3H3,(H2,44,45,46)/b18-14-,28-27+/t33-,34-,35+,36+/m0/s1. The smallest absolute Gasteiger partial charge is 0.462 e. The molecule has 0 fully saturated rings. The highest BCUT2D eigenvalue weighted by Gasteiger charge is 2.27. The Labute approximate surface area is 301 Å².